The highest BCUT2D eigenvalue weighted by molar-refractivity contribution is 5.96. The molecule has 7 aromatic carbocycles. The normalized spacial score (nSPS) is 15.0. The van der Waals surface area contributed by atoms with Crippen LogP contribution < -0.4 is 4.90 Å². The fraction of sp³-hybridized carbons (Fsp3) is 0.344. The van der Waals surface area contributed by atoms with Gasteiger partial charge in [-0.2, -0.15) is 0 Å². The van der Waals surface area contributed by atoms with Crippen molar-refractivity contribution in [3.05, 3.63) is 184 Å². The summed E-state index contributed by atoms with van der Waals surface area (Å²) in [6.07, 6.45) is 0. The van der Waals surface area contributed by atoms with Gasteiger partial charge in [0.2, 0.25) is 0 Å². The maximum absolute atomic E-state index is 2.60. The van der Waals surface area contributed by atoms with E-state index in [1.807, 2.05) is 0 Å². The number of nitrogens with zero attached hydrogens (tertiary/aromatic N) is 1. The Morgan fingerprint density at radius 2 is 0.815 bits per heavy atom. The minimum absolute atomic E-state index is 0.0120. The molecule has 0 fully saturated rings. The van der Waals surface area contributed by atoms with E-state index in [1.165, 1.54) is 106 Å². The van der Waals surface area contributed by atoms with Crippen LogP contribution in [0, 0.1) is 0 Å². The molecule has 0 aromatic heterocycles. The van der Waals surface area contributed by atoms with Crippen LogP contribution >= 0.6 is 0 Å². The second kappa shape index (κ2) is 14.9. The van der Waals surface area contributed by atoms with E-state index < -0.39 is 0 Å². The van der Waals surface area contributed by atoms with E-state index in [0.717, 1.165) is 0 Å². The molecule has 7 aromatic rings. The van der Waals surface area contributed by atoms with Crippen molar-refractivity contribution in [2.24, 2.45) is 0 Å². The van der Waals surface area contributed by atoms with Crippen molar-refractivity contribution in [1.82, 2.24) is 0 Å². The van der Waals surface area contributed by atoms with Gasteiger partial charge in [-0.1, -0.05) is 220 Å². The van der Waals surface area contributed by atoms with E-state index in [-0.39, 0.29) is 32.5 Å². The molecule has 2 aliphatic carbocycles. The molecule has 9 rings (SSSR count). The fourth-order valence-electron chi connectivity index (χ4n) is 10.8. The minimum Gasteiger partial charge on any atom is -0.310 e. The van der Waals surface area contributed by atoms with Crippen molar-refractivity contribution in [3.63, 3.8) is 0 Å². The molecule has 0 atom stereocenters. The van der Waals surface area contributed by atoms with Crippen molar-refractivity contribution in [1.29, 1.82) is 0 Å². The Labute approximate surface area is 392 Å². The highest BCUT2D eigenvalue weighted by Crippen LogP contribution is 2.56. The van der Waals surface area contributed by atoms with E-state index in [1.54, 1.807) is 0 Å². The zero-order valence-corrected chi connectivity index (χ0v) is 42.2. The zero-order valence-electron chi connectivity index (χ0n) is 42.2. The second-order valence-corrected chi connectivity index (χ2v) is 24.4. The second-order valence-electron chi connectivity index (χ2n) is 24.4. The van der Waals surface area contributed by atoms with Crippen LogP contribution in [0.1, 0.15) is 155 Å². The summed E-state index contributed by atoms with van der Waals surface area (Å²) in [6.45, 7) is 37.6. The molecule has 0 heterocycles. The summed E-state index contributed by atoms with van der Waals surface area (Å²) < 4.78 is 0. The number of rotatable bonds is 5. The van der Waals surface area contributed by atoms with Crippen molar-refractivity contribution >= 4 is 17.1 Å². The molecule has 0 spiro atoms. The molecular weight excluding hydrogens is 783 g/mol. The monoisotopic (exact) mass is 854 g/mol. The number of benzene rings is 7. The fourth-order valence-corrected chi connectivity index (χ4v) is 10.8. The van der Waals surface area contributed by atoms with E-state index in [9.17, 15) is 0 Å². The van der Waals surface area contributed by atoms with Gasteiger partial charge in [-0.15, -0.1) is 0 Å². The standard InChI is InChI=1S/C64H71N/c1-59(2,3)41-26-24-40(25-27-41)51-36-42(60(4,5)6)28-32-46(51)49-33-29-43(61(7,8)9)37-57(49)65(44-30-34-48-47-20-17-18-21-52(47)63(13,14)55(48)38-44)45-31-35-50-56(39-45)64(15,16)54-23-19-22-53(58(50)54)62(10,11)12/h17-39H,1-16H3. The smallest absolute Gasteiger partial charge is 0.0543 e. The molecule has 0 N–H and O–H groups in total. The molecule has 65 heavy (non-hydrogen) atoms. The molecule has 1 heteroatoms. The first-order valence-corrected chi connectivity index (χ1v) is 24.0. The van der Waals surface area contributed by atoms with Crippen molar-refractivity contribution in [3.8, 4) is 44.5 Å². The molecule has 0 saturated carbocycles. The van der Waals surface area contributed by atoms with Gasteiger partial charge in [-0.05, 0) is 135 Å². The summed E-state index contributed by atoms with van der Waals surface area (Å²) in [6, 6.07) is 54.5. The van der Waals surface area contributed by atoms with E-state index in [4.69, 9.17) is 0 Å². The molecule has 0 saturated heterocycles. The van der Waals surface area contributed by atoms with Crippen molar-refractivity contribution in [2.45, 2.75) is 143 Å². The Morgan fingerprint density at radius 1 is 0.338 bits per heavy atom. The van der Waals surface area contributed by atoms with Crippen LogP contribution in [0.5, 0.6) is 0 Å². The SMILES string of the molecule is CC(C)(C)c1ccc(-c2cc(C(C)(C)C)ccc2-c2ccc(C(C)(C)C)cc2N(c2ccc3c(c2)C(C)(C)c2ccccc2-3)c2ccc3c(c2)C(C)(C)c2cccc(C(C)(C)C)c2-3)cc1. The van der Waals surface area contributed by atoms with Gasteiger partial charge < -0.3 is 4.90 Å². The first-order valence-electron chi connectivity index (χ1n) is 24.0. The molecule has 0 aliphatic heterocycles. The van der Waals surface area contributed by atoms with E-state index >= 15 is 0 Å². The Balaban J connectivity index is 1.35. The van der Waals surface area contributed by atoms with E-state index in [0.29, 0.717) is 0 Å². The summed E-state index contributed by atoms with van der Waals surface area (Å²) in [5.74, 6) is 0. The van der Waals surface area contributed by atoms with Crippen LogP contribution in [0.15, 0.2) is 140 Å². The third-order valence-corrected chi connectivity index (χ3v) is 14.9. The lowest BCUT2D eigenvalue weighted by Crippen LogP contribution is -2.19. The first-order chi connectivity index (χ1) is 30.3. The van der Waals surface area contributed by atoms with Crippen LogP contribution in [0.4, 0.5) is 17.1 Å². The molecule has 0 radical (unpaired) electrons. The number of fused-ring (bicyclic) bond motifs is 6. The predicted octanol–water partition coefficient (Wildman–Crippen LogP) is 18.3. The van der Waals surface area contributed by atoms with Crippen LogP contribution in [0.2, 0.25) is 0 Å². The average Bonchev–Trinajstić information content (AvgIpc) is 3.61. The van der Waals surface area contributed by atoms with Crippen LogP contribution in [-0.4, -0.2) is 0 Å². The van der Waals surface area contributed by atoms with Crippen LogP contribution in [-0.2, 0) is 32.5 Å². The Kier molecular flexibility index (Phi) is 10.2. The van der Waals surface area contributed by atoms with Crippen LogP contribution in [0.3, 0.4) is 0 Å². The van der Waals surface area contributed by atoms with E-state index in [2.05, 4.69) is 255 Å². The summed E-state index contributed by atoms with van der Waals surface area (Å²) >= 11 is 0. The van der Waals surface area contributed by atoms with Crippen LogP contribution in [0.25, 0.3) is 44.5 Å². The number of hydrogen-bond acceptors (Lipinski definition) is 1. The third-order valence-electron chi connectivity index (χ3n) is 14.9. The summed E-state index contributed by atoms with van der Waals surface area (Å²) in [5, 5.41) is 0. The molecule has 2 aliphatic rings. The maximum Gasteiger partial charge on any atom is 0.0543 e. The molecule has 0 amide bonds. The van der Waals surface area contributed by atoms with Gasteiger partial charge in [0.15, 0.2) is 0 Å². The molecule has 1 nitrogen and oxygen atoms in total. The topological polar surface area (TPSA) is 3.24 Å². The van der Waals surface area contributed by atoms with Gasteiger partial charge >= 0.3 is 0 Å². The minimum atomic E-state index is -0.180. The Morgan fingerprint density at radius 3 is 1.42 bits per heavy atom. The highest BCUT2D eigenvalue weighted by Gasteiger charge is 2.40. The quantitative estimate of drug-likeness (QED) is 0.167. The lowest BCUT2D eigenvalue weighted by molar-refractivity contribution is 0.589. The lowest BCUT2D eigenvalue weighted by atomic mass is 9.79. The summed E-state index contributed by atoms with van der Waals surface area (Å²) in [7, 11) is 0. The zero-order chi connectivity index (χ0) is 46.8. The van der Waals surface area contributed by atoms with Gasteiger partial charge in [0, 0.05) is 27.8 Å². The Hall–Kier alpha value is -5.66. The third kappa shape index (κ3) is 7.48. The van der Waals surface area contributed by atoms with Gasteiger partial charge in [-0.3, -0.25) is 0 Å². The van der Waals surface area contributed by atoms with Gasteiger partial charge in [-0.25, -0.2) is 0 Å². The molecule has 332 valence electrons. The lowest BCUT2D eigenvalue weighted by Gasteiger charge is -2.33. The predicted molar refractivity (Wildman–Crippen MR) is 282 cm³/mol. The molecule has 0 bridgehead atoms. The number of anilines is 3. The van der Waals surface area contributed by atoms with Crippen molar-refractivity contribution in [2.75, 3.05) is 4.90 Å². The first kappa shape index (κ1) is 44.5. The number of hydrogen-bond donors (Lipinski definition) is 0. The summed E-state index contributed by atoms with van der Waals surface area (Å²) in [4.78, 5) is 2.60. The van der Waals surface area contributed by atoms with Crippen molar-refractivity contribution < 1.29 is 0 Å². The largest absolute Gasteiger partial charge is 0.310 e. The average molecular weight is 854 g/mol. The highest BCUT2D eigenvalue weighted by atomic mass is 15.1. The molecule has 0 unspecified atom stereocenters. The van der Waals surface area contributed by atoms with Gasteiger partial charge in [0.1, 0.15) is 0 Å². The van der Waals surface area contributed by atoms with Gasteiger partial charge in [0.05, 0.1) is 5.69 Å². The summed E-state index contributed by atoms with van der Waals surface area (Å²) in [5.41, 5.74) is 24.5. The maximum atomic E-state index is 2.60. The Bertz CT molecular complexity index is 2990. The van der Waals surface area contributed by atoms with Gasteiger partial charge in [0.25, 0.3) is 0 Å². The molecular formula is C64H71N.